The molecule has 0 bridgehead atoms. The second kappa shape index (κ2) is 6.19. The van der Waals surface area contributed by atoms with Crippen molar-refractivity contribution in [3.05, 3.63) is 17.7 Å². The van der Waals surface area contributed by atoms with Crippen molar-refractivity contribution in [2.24, 2.45) is 0 Å². The minimum atomic E-state index is 0.507. The lowest BCUT2D eigenvalue weighted by atomic mass is 10.1. The molecule has 5 nitrogen and oxygen atoms in total. The average molecular weight is 227 g/mol. The highest BCUT2D eigenvalue weighted by atomic mass is 16.6. The second-order valence-corrected chi connectivity index (χ2v) is 3.05. The minimum Gasteiger partial charge on any atom is -0.497 e. The summed E-state index contributed by atoms with van der Waals surface area (Å²) in [6.07, 6.45) is 0. The van der Waals surface area contributed by atoms with Crippen molar-refractivity contribution >= 4 is 0 Å². The lowest BCUT2D eigenvalue weighted by Crippen LogP contribution is -2.12. The van der Waals surface area contributed by atoms with Gasteiger partial charge >= 0.3 is 0 Å². The first-order valence-electron chi connectivity index (χ1n) is 4.81. The maximum atomic E-state index is 5.29. The number of nitrogens with one attached hydrogen (secondary N) is 1. The van der Waals surface area contributed by atoms with Gasteiger partial charge in [0.2, 0.25) is 0 Å². The Labute approximate surface area is 95.2 Å². The van der Waals surface area contributed by atoms with Gasteiger partial charge in [-0.3, -0.25) is 0 Å². The number of benzene rings is 1. The third-order valence-electron chi connectivity index (χ3n) is 2.17. The van der Waals surface area contributed by atoms with Gasteiger partial charge in [-0.05, 0) is 6.07 Å². The Morgan fingerprint density at radius 2 is 1.75 bits per heavy atom. The quantitative estimate of drug-likeness (QED) is 0.744. The molecular formula is C11H17NO4. The van der Waals surface area contributed by atoms with E-state index in [-0.39, 0.29) is 0 Å². The van der Waals surface area contributed by atoms with Crippen LogP contribution in [0.5, 0.6) is 17.2 Å². The van der Waals surface area contributed by atoms with E-state index in [0.717, 1.165) is 5.56 Å². The maximum Gasteiger partial charge on any atom is 0.165 e. The van der Waals surface area contributed by atoms with Gasteiger partial charge in [-0.15, -0.1) is 0 Å². The van der Waals surface area contributed by atoms with Gasteiger partial charge in [0.15, 0.2) is 11.5 Å². The summed E-state index contributed by atoms with van der Waals surface area (Å²) in [5.74, 6) is 2.02. The van der Waals surface area contributed by atoms with Crippen LogP contribution in [0.1, 0.15) is 5.56 Å². The van der Waals surface area contributed by atoms with Gasteiger partial charge in [-0.2, -0.15) is 5.48 Å². The lowest BCUT2D eigenvalue weighted by Gasteiger charge is -2.14. The van der Waals surface area contributed by atoms with E-state index in [4.69, 9.17) is 19.0 Å². The maximum absolute atomic E-state index is 5.29. The number of hydroxylamine groups is 1. The zero-order valence-electron chi connectivity index (χ0n) is 9.99. The van der Waals surface area contributed by atoms with E-state index in [1.165, 1.54) is 0 Å². The fourth-order valence-electron chi connectivity index (χ4n) is 1.41. The van der Waals surface area contributed by atoms with E-state index >= 15 is 0 Å². The highest BCUT2D eigenvalue weighted by Crippen LogP contribution is 2.35. The molecule has 0 aliphatic carbocycles. The molecule has 0 spiro atoms. The molecule has 1 rings (SSSR count). The van der Waals surface area contributed by atoms with Crippen LogP contribution in [-0.4, -0.2) is 28.4 Å². The average Bonchev–Trinajstić information content (AvgIpc) is 2.34. The Morgan fingerprint density at radius 1 is 1.00 bits per heavy atom. The highest BCUT2D eigenvalue weighted by molar-refractivity contribution is 5.51. The largest absolute Gasteiger partial charge is 0.497 e. The van der Waals surface area contributed by atoms with Crippen LogP contribution in [0.4, 0.5) is 0 Å². The predicted octanol–water partition coefficient (Wildman–Crippen LogP) is 1.36. The number of methoxy groups -OCH3 is 3. The fraction of sp³-hybridized carbons (Fsp3) is 0.455. The molecule has 0 fully saturated rings. The van der Waals surface area contributed by atoms with Gasteiger partial charge in [0.1, 0.15) is 5.75 Å². The topological polar surface area (TPSA) is 49.0 Å². The summed E-state index contributed by atoms with van der Waals surface area (Å²) in [6, 6.07) is 3.64. The molecule has 0 atom stereocenters. The van der Waals surface area contributed by atoms with Gasteiger partial charge in [0.05, 0.1) is 28.4 Å². The Kier molecular flexibility index (Phi) is 4.88. The Bertz CT molecular complexity index is 341. The first-order valence-corrected chi connectivity index (χ1v) is 4.81. The summed E-state index contributed by atoms with van der Waals surface area (Å²) in [5.41, 5.74) is 3.65. The smallest absolute Gasteiger partial charge is 0.165 e. The molecule has 0 saturated carbocycles. The minimum absolute atomic E-state index is 0.507. The van der Waals surface area contributed by atoms with Gasteiger partial charge < -0.3 is 19.0 Å². The molecule has 0 amide bonds. The van der Waals surface area contributed by atoms with Crippen molar-refractivity contribution in [1.29, 1.82) is 0 Å². The van der Waals surface area contributed by atoms with Crippen LogP contribution in [0.2, 0.25) is 0 Å². The molecule has 0 unspecified atom stereocenters. The Balaban J connectivity index is 3.09. The first-order chi connectivity index (χ1) is 7.76. The van der Waals surface area contributed by atoms with Crippen LogP contribution in [0.15, 0.2) is 12.1 Å². The van der Waals surface area contributed by atoms with Crippen LogP contribution in [0.3, 0.4) is 0 Å². The molecule has 1 aromatic rings. The number of hydrogen-bond acceptors (Lipinski definition) is 5. The van der Waals surface area contributed by atoms with Crippen LogP contribution < -0.4 is 19.7 Å². The molecule has 0 heterocycles. The fourth-order valence-corrected chi connectivity index (χ4v) is 1.41. The molecule has 1 N–H and O–H groups in total. The summed E-state index contributed by atoms with van der Waals surface area (Å²) in [7, 11) is 6.35. The van der Waals surface area contributed by atoms with Crippen molar-refractivity contribution in [1.82, 2.24) is 5.48 Å². The summed E-state index contributed by atoms with van der Waals surface area (Å²) in [5, 5.41) is 0. The van der Waals surface area contributed by atoms with Gasteiger partial charge in [-0.1, -0.05) is 0 Å². The van der Waals surface area contributed by atoms with Crippen molar-refractivity contribution in [3.63, 3.8) is 0 Å². The van der Waals surface area contributed by atoms with Gasteiger partial charge in [0, 0.05) is 18.2 Å². The van der Waals surface area contributed by atoms with E-state index in [1.54, 1.807) is 34.5 Å². The molecule has 90 valence electrons. The molecule has 0 aromatic heterocycles. The first kappa shape index (κ1) is 12.6. The summed E-state index contributed by atoms with van der Waals surface area (Å²) >= 11 is 0. The molecule has 1 aromatic carbocycles. The van der Waals surface area contributed by atoms with E-state index < -0.39 is 0 Å². The zero-order valence-corrected chi connectivity index (χ0v) is 9.99. The van der Waals surface area contributed by atoms with E-state index in [0.29, 0.717) is 23.8 Å². The Hall–Kier alpha value is -1.46. The third-order valence-corrected chi connectivity index (χ3v) is 2.17. The van der Waals surface area contributed by atoms with Crippen LogP contribution in [-0.2, 0) is 11.4 Å². The van der Waals surface area contributed by atoms with Crippen molar-refractivity contribution in [3.8, 4) is 17.2 Å². The van der Waals surface area contributed by atoms with E-state index in [1.807, 2.05) is 6.07 Å². The monoisotopic (exact) mass is 227 g/mol. The normalized spacial score (nSPS) is 10.0. The molecular weight excluding hydrogens is 210 g/mol. The number of rotatable bonds is 6. The van der Waals surface area contributed by atoms with E-state index in [9.17, 15) is 0 Å². The number of hydrogen-bond donors (Lipinski definition) is 1. The SMILES string of the molecule is CONCc1cc(OC)cc(OC)c1OC. The molecule has 0 aliphatic heterocycles. The van der Waals surface area contributed by atoms with E-state index in [2.05, 4.69) is 5.48 Å². The molecule has 5 heteroatoms. The highest BCUT2D eigenvalue weighted by Gasteiger charge is 2.12. The molecule has 0 radical (unpaired) electrons. The lowest BCUT2D eigenvalue weighted by molar-refractivity contribution is 0.0860. The summed E-state index contributed by atoms with van der Waals surface area (Å²) in [6.45, 7) is 0.507. The van der Waals surface area contributed by atoms with Crippen molar-refractivity contribution < 1.29 is 19.0 Å². The van der Waals surface area contributed by atoms with Gasteiger partial charge in [-0.25, -0.2) is 0 Å². The standard InChI is InChI=1S/C11H17NO4/c1-13-9-5-8(7-12-16-4)11(15-3)10(6-9)14-2/h5-6,12H,7H2,1-4H3. The molecule has 16 heavy (non-hydrogen) atoms. The third kappa shape index (κ3) is 2.77. The predicted molar refractivity (Wildman–Crippen MR) is 59.9 cm³/mol. The van der Waals surface area contributed by atoms with Crippen molar-refractivity contribution in [2.45, 2.75) is 6.54 Å². The molecule has 0 aliphatic rings. The summed E-state index contributed by atoms with van der Waals surface area (Å²) < 4.78 is 15.7. The van der Waals surface area contributed by atoms with Crippen LogP contribution >= 0.6 is 0 Å². The Morgan fingerprint density at radius 3 is 2.25 bits per heavy atom. The second-order valence-electron chi connectivity index (χ2n) is 3.05. The zero-order chi connectivity index (χ0) is 12.0. The van der Waals surface area contributed by atoms with Crippen molar-refractivity contribution in [2.75, 3.05) is 28.4 Å². The van der Waals surface area contributed by atoms with Crippen LogP contribution in [0, 0.1) is 0 Å². The van der Waals surface area contributed by atoms with Gasteiger partial charge in [0.25, 0.3) is 0 Å². The van der Waals surface area contributed by atoms with Crippen LogP contribution in [0.25, 0.3) is 0 Å². The molecule has 0 saturated heterocycles. The number of ether oxygens (including phenoxy) is 3. The summed E-state index contributed by atoms with van der Waals surface area (Å²) in [4.78, 5) is 4.81.